The number of alkyl halides is 2. The summed E-state index contributed by atoms with van der Waals surface area (Å²) in [6.45, 7) is -0.0527. The minimum Gasteiger partial charge on any atom is -0.325 e. The summed E-state index contributed by atoms with van der Waals surface area (Å²) < 4.78 is 46.7. The van der Waals surface area contributed by atoms with E-state index < -0.39 is 26.1 Å². The molecule has 0 aromatic carbocycles. The van der Waals surface area contributed by atoms with E-state index in [1.54, 1.807) is 0 Å². The van der Waals surface area contributed by atoms with Crippen LogP contribution in [0.25, 0.3) is 0 Å². The summed E-state index contributed by atoms with van der Waals surface area (Å²) in [4.78, 5) is 3.46. The molecule has 0 bridgehead atoms. The topological polar surface area (TPSA) is 73.1 Å². The Hall–Kier alpha value is -0.790. The van der Waals surface area contributed by atoms with Crippen LogP contribution in [0.2, 0.25) is 0 Å². The predicted molar refractivity (Wildman–Crippen MR) is 50.1 cm³/mol. The molecule has 4 nitrogen and oxygen atoms in total. The van der Waals surface area contributed by atoms with Gasteiger partial charge in [-0.05, 0) is 12.1 Å². The van der Waals surface area contributed by atoms with Gasteiger partial charge < -0.3 is 5.73 Å². The van der Waals surface area contributed by atoms with E-state index in [-0.39, 0.29) is 12.2 Å². The molecule has 0 saturated heterocycles. The summed E-state index contributed by atoms with van der Waals surface area (Å²) in [5, 5.41) is -0.831. The summed E-state index contributed by atoms with van der Waals surface area (Å²) in [5.74, 6) is 0. The third kappa shape index (κ3) is 2.83. The van der Waals surface area contributed by atoms with Gasteiger partial charge >= 0.3 is 0 Å². The zero-order valence-electron chi connectivity index (χ0n) is 7.32. The van der Waals surface area contributed by atoms with E-state index in [0.29, 0.717) is 0 Å². The lowest BCUT2D eigenvalue weighted by atomic mass is 10.2. The Morgan fingerprint density at radius 2 is 2.07 bits per heavy atom. The van der Waals surface area contributed by atoms with Crippen LogP contribution in [-0.2, 0) is 15.6 Å². The zero-order valence-corrected chi connectivity index (χ0v) is 8.89. The summed E-state index contributed by atoms with van der Waals surface area (Å²) >= 11 is 0. The minimum absolute atomic E-state index is 0.0527. The van der Waals surface area contributed by atoms with Crippen molar-refractivity contribution in [2.75, 3.05) is 0 Å². The Bertz CT molecular complexity index is 464. The second kappa shape index (κ2) is 4.38. The number of nitrogens with two attached hydrogens (primary N) is 1. The van der Waals surface area contributed by atoms with Crippen molar-refractivity contribution in [1.29, 1.82) is 0 Å². The molecule has 0 spiro atoms. The number of rotatable bonds is 3. The van der Waals surface area contributed by atoms with Gasteiger partial charge in [-0.15, -0.1) is 0 Å². The van der Waals surface area contributed by atoms with Crippen LogP contribution in [0.4, 0.5) is 8.78 Å². The van der Waals surface area contributed by atoms with Gasteiger partial charge in [-0.2, -0.15) is 0 Å². The van der Waals surface area contributed by atoms with Crippen LogP contribution in [0.3, 0.4) is 0 Å². The smallest absolute Gasteiger partial charge is 0.279 e. The van der Waals surface area contributed by atoms with E-state index in [0.717, 1.165) is 6.07 Å². The third-order valence-corrected chi connectivity index (χ3v) is 2.85. The Labute approximate surface area is 89.5 Å². The van der Waals surface area contributed by atoms with Gasteiger partial charge in [-0.25, -0.2) is 22.2 Å². The van der Waals surface area contributed by atoms with Crippen molar-refractivity contribution in [2.24, 2.45) is 5.73 Å². The van der Waals surface area contributed by atoms with Gasteiger partial charge in [-0.1, -0.05) is 0 Å². The first-order valence-corrected chi connectivity index (χ1v) is 6.10. The molecule has 0 atom stereocenters. The first-order chi connectivity index (χ1) is 6.86. The highest BCUT2D eigenvalue weighted by molar-refractivity contribution is 8.13. The first-order valence-electron chi connectivity index (χ1n) is 3.79. The Balaban J connectivity index is 3.43. The maximum absolute atomic E-state index is 12.4. The molecule has 0 saturated carbocycles. The van der Waals surface area contributed by atoms with Gasteiger partial charge in [0.05, 0.1) is 11.3 Å². The Morgan fingerprint density at radius 1 is 1.47 bits per heavy atom. The molecule has 8 heteroatoms. The van der Waals surface area contributed by atoms with Gasteiger partial charge in [0.15, 0.2) is 5.03 Å². The third-order valence-electron chi connectivity index (χ3n) is 1.62. The van der Waals surface area contributed by atoms with Gasteiger partial charge in [0.1, 0.15) is 0 Å². The Kier molecular flexibility index (Phi) is 3.58. The van der Waals surface area contributed by atoms with E-state index in [1.807, 2.05) is 0 Å². The molecule has 1 heterocycles. The SMILES string of the molecule is NCc1ccc(C(F)F)c(S(=O)(=O)Cl)n1. The van der Waals surface area contributed by atoms with Crippen molar-refractivity contribution in [1.82, 2.24) is 4.98 Å². The van der Waals surface area contributed by atoms with Gasteiger partial charge in [-0.3, -0.25) is 0 Å². The van der Waals surface area contributed by atoms with Crippen LogP contribution in [0, 0.1) is 0 Å². The van der Waals surface area contributed by atoms with E-state index in [9.17, 15) is 17.2 Å². The van der Waals surface area contributed by atoms with Crippen molar-refractivity contribution in [3.05, 3.63) is 23.4 Å². The van der Waals surface area contributed by atoms with Crippen LogP contribution < -0.4 is 5.73 Å². The molecule has 0 aliphatic carbocycles. The quantitative estimate of drug-likeness (QED) is 0.830. The van der Waals surface area contributed by atoms with Crippen molar-refractivity contribution >= 4 is 19.7 Å². The van der Waals surface area contributed by atoms with Crippen LogP contribution in [0.5, 0.6) is 0 Å². The van der Waals surface area contributed by atoms with Crippen LogP contribution in [-0.4, -0.2) is 13.4 Å². The molecular formula is C7H7ClF2N2O2S. The van der Waals surface area contributed by atoms with Crippen LogP contribution >= 0.6 is 10.7 Å². The average Bonchev–Trinajstić information content (AvgIpc) is 2.15. The fourth-order valence-corrected chi connectivity index (χ4v) is 2.00. The highest BCUT2D eigenvalue weighted by atomic mass is 35.7. The van der Waals surface area contributed by atoms with Crippen molar-refractivity contribution in [3.8, 4) is 0 Å². The highest BCUT2D eigenvalue weighted by Gasteiger charge is 2.23. The van der Waals surface area contributed by atoms with Gasteiger partial charge in [0.2, 0.25) is 0 Å². The van der Waals surface area contributed by atoms with E-state index in [4.69, 9.17) is 16.4 Å². The van der Waals surface area contributed by atoms with E-state index in [2.05, 4.69) is 4.98 Å². The number of pyridine rings is 1. The lowest BCUT2D eigenvalue weighted by Gasteiger charge is -2.06. The van der Waals surface area contributed by atoms with Crippen molar-refractivity contribution < 1.29 is 17.2 Å². The average molecular weight is 257 g/mol. The minimum atomic E-state index is -4.29. The predicted octanol–water partition coefficient (Wildman–Crippen LogP) is 1.41. The summed E-state index contributed by atoms with van der Waals surface area (Å²) in [7, 11) is 0.687. The lowest BCUT2D eigenvalue weighted by molar-refractivity contribution is 0.147. The summed E-state index contributed by atoms with van der Waals surface area (Å²) in [5.41, 5.74) is 4.66. The number of nitrogens with zero attached hydrogens (tertiary/aromatic N) is 1. The molecule has 0 aliphatic rings. The van der Waals surface area contributed by atoms with E-state index >= 15 is 0 Å². The molecule has 0 aliphatic heterocycles. The van der Waals surface area contributed by atoms with Crippen LogP contribution in [0.15, 0.2) is 17.2 Å². The second-order valence-electron chi connectivity index (χ2n) is 2.64. The summed E-state index contributed by atoms with van der Waals surface area (Å²) in [6, 6.07) is 2.18. The lowest BCUT2D eigenvalue weighted by Crippen LogP contribution is -2.07. The number of hydrogen-bond donors (Lipinski definition) is 1. The zero-order chi connectivity index (χ0) is 11.6. The molecule has 0 radical (unpaired) electrons. The molecule has 15 heavy (non-hydrogen) atoms. The fraction of sp³-hybridized carbons (Fsp3) is 0.286. The molecular weight excluding hydrogens is 250 g/mol. The van der Waals surface area contributed by atoms with E-state index in [1.165, 1.54) is 6.07 Å². The standard InChI is InChI=1S/C7H7ClF2N2O2S/c8-15(13,14)7-5(6(9)10)2-1-4(3-11)12-7/h1-2,6H,3,11H2. The second-order valence-corrected chi connectivity index (χ2v) is 5.12. The highest BCUT2D eigenvalue weighted by Crippen LogP contribution is 2.27. The molecule has 1 aromatic heterocycles. The number of halogens is 3. The number of hydrogen-bond acceptors (Lipinski definition) is 4. The van der Waals surface area contributed by atoms with Gasteiger partial charge in [0.25, 0.3) is 15.5 Å². The molecule has 1 aromatic rings. The monoisotopic (exact) mass is 256 g/mol. The molecule has 0 unspecified atom stereocenters. The van der Waals surface area contributed by atoms with Crippen LogP contribution in [0.1, 0.15) is 17.7 Å². The first kappa shape index (κ1) is 12.3. The normalized spacial score (nSPS) is 12.1. The maximum atomic E-state index is 12.4. The Morgan fingerprint density at radius 3 is 2.47 bits per heavy atom. The number of aromatic nitrogens is 1. The maximum Gasteiger partial charge on any atom is 0.279 e. The molecule has 1 rings (SSSR count). The summed E-state index contributed by atoms with van der Waals surface area (Å²) in [6.07, 6.45) is -2.95. The van der Waals surface area contributed by atoms with Gasteiger partial charge in [0, 0.05) is 17.2 Å². The molecule has 84 valence electrons. The fourth-order valence-electron chi connectivity index (χ4n) is 0.965. The largest absolute Gasteiger partial charge is 0.325 e. The molecule has 2 N–H and O–H groups in total. The molecule has 0 amide bonds. The van der Waals surface area contributed by atoms with Crippen molar-refractivity contribution in [3.63, 3.8) is 0 Å². The molecule has 0 fully saturated rings. The van der Waals surface area contributed by atoms with Crippen molar-refractivity contribution in [2.45, 2.75) is 18.0 Å².